The SMILES string of the molecule is CCn1c2cc3c(ccc(N(c4ccccc4)c4ccccc4)c3n(CC)c3cc4c(ccc(N(c5ccccc5)c5ccccc5)c41)c1cc(OC)ccc13)c1cc(C)ccc12. The minimum absolute atomic E-state index is 0.726. The number of aromatic nitrogens is 2. The van der Waals surface area contributed by atoms with Gasteiger partial charge in [-0.05, 0) is 133 Å². The minimum atomic E-state index is 0.726. The van der Waals surface area contributed by atoms with Gasteiger partial charge in [0.2, 0.25) is 0 Å². The molecule has 0 aliphatic carbocycles. The van der Waals surface area contributed by atoms with Crippen molar-refractivity contribution in [1.29, 1.82) is 0 Å². The highest BCUT2D eigenvalue weighted by Gasteiger charge is 2.24. The molecule has 5 nitrogen and oxygen atoms in total. The van der Waals surface area contributed by atoms with E-state index in [1.165, 1.54) is 48.8 Å². The maximum absolute atomic E-state index is 5.98. The third-order valence-electron chi connectivity index (χ3n) is 12.8. The summed E-state index contributed by atoms with van der Waals surface area (Å²) in [4.78, 5) is 4.85. The number of benzene rings is 10. The van der Waals surface area contributed by atoms with Crippen molar-refractivity contribution >= 4 is 99.3 Å². The van der Waals surface area contributed by atoms with Crippen molar-refractivity contribution in [3.8, 4) is 5.75 Å². The second-order valence-electron chi connectivity index (χ2n) is 16.3. The second-order valence-corrected chi connectivity index (χ2v) is 16.3. The number of aryl methyl sites for hydroxylation is 3. The number of hydrogen-bond donors (Lipinski definition) is 0. The van der Waals surface area contributed by atoms with E-state index in [2.05, 4.69) is 234 Å². The molecule has 0 saturated carbocycles. The first-order chi connectivity index (χ1) is 31.1. The van der Waals surface area contributed by atoms with Gasteiger partial charge < -0.3 is 23.7 Å². The summed E-state index contributed by atoms with van der Waals surface area (Å²) in [6.45, 7) is 8.25. The van der Waals surface area contributed by atoms with Crippen LogP contribution in [0.4, 0.5) is 34.1 Å². The predicted molar refractivity (Wildman–Crippen MR) is 268 cm³/mol. The molecule has 4 bridgehead atoms. The zero-order valence-corrected chi connectivity index (χ0v) is 36.1. The van der Waals surface area contributed by atoms with E-state index >= 15 is 0 Å². The molecule has 0 N–H and O–H groups in total. The van der Waals surface area contributed by atoms with Gasteiger partial charge in [0.15, 0.2) is 0 Å². The number of para-hydroxylation sites is 4. The van der Waals surface area contributed by atoms with Crippen LogP contribution >= 0.6 is 0 Å². The molecule has 63 heavy (non-hydrogen) atoms. The van der Waals surface area contributed by atoms with Crippen molar-refractivity contribution in [1.82, 2.24) is 9.13 Å². The van der Waals surface area contributed by atoms with Crippen LogP contribution in [-0.4, -0.2) is 16.2 Å². The highest BCUT2D eigenvalue weighted by atomic mass is 16.5. The Labute approximate surface area is 367 Å². The van der Waals surface area contributed by atoms with E-state index in [1.807, 2.05) is 0 Å². The van der Waals surface area contributed by atoms with E-state index in [-0.39, 0.29) is 0 Å². The average Bonchev–Trinajstić information content (AvgIpc) is 3.34. The Bertz CT molecular complexity index is 3440. The third kappa shape index (κ3) is 6.22. The van der Waals surface area contributed by atoms with Crippen molar-refractivity contribution in [2.75, 3.05) is 16.9 Å². The van der Waals surface area contributed by atoms with Crippen molar-refractivity contribution in [3.05, 3.63) is 200 Å². The molecule has 5 heteroatoms. The topological polar surface area (TPSA) is 25.6 Å². The Morgan fingerprint density at radius 3 is 1.16 bits per heavy atom. The van der Waals surface area contributed by atoms with Gasteiger partial charge in [-0.2, -0.15) is 0 Å². The molecule has 0 amide bonds. The zero-order chi connectivity index (χ0) is 42.6. The summed E-state index contributed by atoms with van der Waals surface area (Å²) in [5.74, 6) is 0.831. The highest BCUT2D eigenvalue weighted by Crippen LogP contribution is 2.47. The van der Waals surface area contributed by atoms with Crippen LogP contribution in [0.2, 0.25) is 0 Å². The Hall–Kier alpha value is -7.76. The Morgan fingerprint density at radius 2 is 0.762 bits per heavy atom. The van der Waals surface area contributed by atoms with Crippen LogP contribution in [0.1, 0.15) is 19.4 Å². The monoisotopic (exact) mass is 816 g/mol. The maximum atomic E-state index is 5.98. The molecule has 0 spiro atoms. The fourth-order valence-corrected chi connectivity index (χ4v) is 10.0. The number of hydrogen-bond acceptors (Lipinski definition) is 3. The predicted octanol–water partition coefficient (Wildman–Crippen LogP) is 16.1. The number of nitrogens with zero attached hydrogens (tertiary/aromatic N) is 4. The summed E-state index contributed by atoms with van der Waals surface area (Å²) in [5.41, 5.74) is 12.5. The normalized spacial score (nSPS) is 11.6. The van der Waals surface area contributed by atoms with Gasteiger partial charge in [-0.1, -0.05) is 109 Å². The van der Waals surface area contributed by atoms with Gasteiger partial charge in [-0.15, -0.1) is 0 Å². The lowest BCUT2D eigenvalue weighted by atomic mass is 9.95. The van der Waals surface area contributed by atoms with E-state index in [0.717, 1.165) is 74.9 Å². The number of methoxy groups -OCH3 is 1. The number of rotatable bonds is 9. The Kier molecular flexibility index (Phi) is 9.46. The number of ether oxygens (including phenoxy) is 1. The van der Waals surface area contributed by atoms with Crippen LogP contribution in [0.15, 0.2) is 194 Å². The summed E-state index contributed by atoms with van der Waals surface area (Å²) in [7, 11) is 1.76. The molecule has 11 aromatic rings. The van der Waals surface area contributed by atoms with Gasteiger partial charge in [0.25, 0.3) is 0 Å². The van der Waals surface area contributed by atoms with Crippen molar-refractivity contribution in [2.24, 2.45) is 0 Å². The van der Waals surface area contributed by atoms with Crippen molar-refractivity contribution in [3.63, 3.8) is 0 Å². The number of fused-ring (bicyclic) bond motifs is 8. The minimum Gasteiger partial charge on any atom is -0.497 e. The van der Waals surface area contributed by atoms with Crippen LogP contribution in [0.3, 0.4) is 0 Å². The van der Waals surface area contributed by atoms with Crippen molar-refractivity contribution < 1.29 is 4.74 Å². The van der Waals surface area contributed by atoms with Crippen LogP contribution in [0.25, 0.3) is 65.2 Å². The summed E-state index contributed by atoms with van der Waals surface area (Å²) >= 11 is 0. The lowest BCUT2D eigenvalue weighted by molar-refractivity contribution is 0.415. The third-order valence-corrected chi connectivity index (χ3v) is 12.8. The number of anilines is 6. The molecule has 0 radical (unpaired) electrons. The van der Waals surface area contributed by atoms with Gasteiger partial charge in [0.05, 0.1) is 29.5 Å². The first-order valence-electron chi connectivity index (χ1n) is 22.0. The first-order valence-corrected chi connectivity index (χ1v) is 22.0. The van der Waals surface area contributed by atoms with Crippen LogP contribution in [0, 0.1) is 6.92 Å². The van der Waals surface area contributed by atoms with Gasteiger partial charge in [-0.25, -0.2) is 0 Å². The van der Waals surface area contributed by atoms with Gasteiger partial charge in [-0.3, -0.25) is 0 Å². The summed E-state index contributed by atoms with van der Waals surface area (Å²) in [5, 5.41) is 9.55. The summed E-state index contributed by atoms with van der Waals surface area (Å²) in [6.07, 6.45) is 0. The molecule has 0 aliphatic rings. The van der Waals surface area contributed by atoms with Gasteiger partial charge >= 0.3 is 0 Å². The van der Waals surface area contributed by atoms with E-state index in [1.54, 1.807) is 7.11 Å². The van der Waals surface area contributed by atoms with E-state index < -0.39 is 0 Å². The van der Waals surface area contributed by atoms with E-state index in [0.29, 0.717) is 0 Å². The molecule has 10 aromatic carbocycles. The van der Waals surface area contributed by atoms with Crippen LogP contribution in [-0.2, 0) is 13.1 Å². The molecule has 306 valence electrons. The summed E-state index contributed by atoms with van der Waals surface area (Å²) < 4.78 is 11.1. The largest absolute Gasteiger partial charge is 0.497 e. The van der Waals surface area contributed by atoms with Gasteiger partial charge in [0, 0.05) is 68.4 Å². The van der Waals surface area contributed by atoms with Crippen LogP contribution < -0.4 is 14.5 Å². The highest BCUT2D eigenvalue weighted by molar-refractivity contribution is 6.25. The molecule has 0 unspecified atom stereocenters. The molecule has 1 aromatic heterocycles. The first kappa shape index (κ1) is 38.2. The van der Waals surface area contributed by atoms with E-state index in [4.69, 9.17) is 4.74 Å². The molecule has 0 saturated heterocycles. The lowest BCUT2D eigenvalue weighted by Gasteiger charge is -2.30. The van der Waals surface area contributed by atoms with Gasteiger partial charge in [0.1, 0.15) is 5.75 Å². The average molecular weight is 817 g/mol. The quantitative estimate of drug-likeness (QED) is 0.136. The smallest absolute Gasteiger partial charge is 0.119 e. The molecule has 0 fully saturated rings. The fourth-order valence-electron chi connectivity index (χ4n) is 10.0. The Morgan fingerprint density at radius 1 is 0.381 bits per heavy atom. The lowest BCUT2D eigenvalue weighted by Crippen LogP contribution is -2.14. The Balaban J connectivity index is 1.44. The molecule has 0 aliphatic heterocycles. The zero-order valence-electron chi connectivity index (χ0n) is 36.1. The summed E-state index contributed by atoms with van der Waals surface area (Å²) in [6, 6.07) is 71.0. The van der Waals surface area contributed by atoms with E-state index in [9.17, 15) is 0 Å². The molecule has 0 atom stereocenters. The molecular weight excluding hydrogens is 769 g/mol. The molecule has 11 rings (SSSR count). The van der Waals surface area contributed by atoms with Crippen LogP contribution in [0.5, 0.6) is 5.75 Å². The molecule has 1 heterocycles. The second kappa shape index (κ2) is 15.6. The maximum Gasteiger partial charge on any atom is 0.119 e. The van der Waals surface area contributed by atoms with Crippen molar-refractivity contribution in [2.45, 2.75) is 33.9 Å². The standard InChI is InChI=1S/C58H48N4O/c1-5-59-55-37-51-45(49-35-39(3)27-29-47(49)55)31-33-53(61(40-19-11-7-12-20-40)41-21-13-8-14-22-41)57(51)60(6-2)56-38-52-46(50-36-44(63-4)28-30-48(50)56)32-34-54(58(52)59)62(42-23-15-9-16-24-42)43-25-17-10-18-26-43/h7-38H,5-6H2,1-4H3. The molecular formula is C58H48N4O. The fraction of sp³-hybridized carbons (Fsp3) is 0.103.